The predicted octanol–water partition coefficient (Wildman–Crippen LogP) is 3.26. The van der Waals surface area contributed by atoms with E-state index in [1.54, 1.807) is 33.5 Å². The summed E-state index contributed by atoms with van der Waals surface area (Å²) in [6, 6.07) is 3.48. The molecule has 0 aliphatic carbocycles. The zero-order valence-corrected chi connectivity index (χ0v) is 17.4. The Bertz CT molecular complexity index is 795. The second-order valence-electron chi connectivity index (χ2n) is 6.43. The van der Waals surface area contributed by atoms with Crippen LogP contribution in [-0.4, -0.2) is 60.7 Å². The molecule has 1 aromatic carbocycles. The van der Waals surface area contributed by atoms with Crippen LogP contribution in [0.4, 0.5) is 0 Å². The molecule has 0 spiro atoms. The van der Waals surface area contributed by atoms with Crippen molar-refractivity contribution in [3.8, 4) is 28.7 Å². The second kappa shape index (κ2) is 9.18. The van der Waals surface area contributed by atoms with Gasteiger partial charge in [0.15, 0.2) is 11.5 Å². The third kappa shape index (κ3) is 4.35. The summed E-state index contributed by atoms with van der Waals surface area (Å²) in [6.45, 7) is 3.51. The minimum atomic E-state index is -0.286. The van der Waals surface area contributed by atoms with Gasteiger partial charge in [-0.2, -0.15) is 0 Å². The Hall–Kier alpha value is -2.42. The predicted molar refractivity (Wildman–Crippen MR) is 105 cm³/mol. The number of nitrogens with zero attached hydrogens (tertiary/aromatic N) is 3. The Labute approximate surface area is 168 Å². The van der Waals surface area contributed by atoms with E-state index in [4.69, 9.17) is 18.6 Å². The van der Waals surface area contributed by atoms with Crippen LogP contribution in [0.25, 0.3) is 11.5 Å². The van der Waals surface area contributed by atoms with Crippen molar-refractivity contribution < 1.29 is 23.4 Å². The Morgan fingerprint density at radius 2 is 1.71 bits per heavy atom. The number of carbonyl (C=O) groups excluding carboxylic acids is 1. The first-order valence-corrected chi connectivity index (χ1v) is 10.0. The lowest BCUT2D eigenvalue weighted by molar-refractivity contribution is -0.131. The normalized spacial score (nSPS) is 15.2. The Kier molecular flexibility index (Phi) is 6.66. The lowest BCUT2D eigenvalue weighted by atomic mass is 10.1. The smallest absolute Gasteiger partial charge is 0.277 e. The first kappa shape index (κ1) is 20.3. The number of carbonyl (C=O) groups is 1. The molecule has 1 aliphatic heterocycles. The van der Waals surface area contributed by atoms with Gasteiger partial charge in [0, 0.05) is 18.7 Å². The summed E-state index contributed by atoms with van der Waals surface area (Å²) in [6.07, 6.45) is 3.32. The molecule has 1 aliphatic rings. The number of likely N-dealkylation sites (tertiary alicyclic amines) is 1. The van der Waals surface area contributed by atoms with Gasteiger partial charge in [0.25, 0.3) is 5.22 Å². The van der Waals surface area contributed by atoms with Gasteiger partial charge in [-0.3, -0.25) is 4.79 Å². The minimum absolute atomic E-state index is 0.109. The molecule has 1 fully saturated rings. The zero-order chi connectivity index (χ0) is 20.1. The fraction of sp³-hybridized carbons (Fsp3) is 0.526. The Balaban J connectivity index is 1.75. The molecule has 0 radical (unpaired) electrons. The molecule has 3 rings (SSSR count). The number of piperidine rings is 1. The molecule has 0 bridgehead atoms. The van der Waals surface area contributed by atoms with Crippen LogP contribution in [0, 0.1) is 0 Å². The molecule has 8 nitrogen and oxygen atoms in total. The van der Waals surface area contributed by atoms with E-state index in [2.05, 4.69) is 10.2 Å². The molecule has 2 heterocycles. The number of rotatable bonds is 7. The van der Waals surface area contributed by atoms with Crippen LogP contribution in [-0.2, 0) is 4.79 Å². The van der Waals surface area contributed by atoms with E-state index in [0.717, 1.165) is 25.9 Å². The first-order valence-electron chi connectivity index (χ1n) is 9.16. The largest absolute Gasteiger partial charge is 0.493 e. The van der Waals surface area contributed by atoms with Crippen molar-refractivity contribution in [3.05, 3.63) is 12.1 Å². The molecule has 9 heteroatoms. The molecule has 1 aromatic heterocycles. The highest BCUT2D eigenvalue weighted by Gasteiger charge is 2.25. The van der Waals surface area contributed by atoms with Gasteiger partial charge in [0.2, 0.25) is 17.5 Å². The molecule has 0 unspecified atom stereocenters. The number of methoxy groups -OCH3 is 3. The fourth-order valence-corrected chi connectivity index (χ4v) is 3.92. The molecule has 1 atom stereocenters. The number of hydrogen-bond acceptors (Lipinski definition) is 8. The van der Waals surface area contributed by atoms with E-state index >= 15 is 0 Å². The highest BCUT2D eigenvalue weighted by molar-refractivity contribution is 8.00. The van der Waals surface area contributed by atoms with E-state index in [-0.39, 0.29) is 11.2 Å². The van der Waals surface area contributed by atoms with Gasteiger partial charge < -0.3 is 23.5 Å². The summed E-state index contributed by atoms with van der Waals surface area (Å²) in [5, 5.41) is 8.24. The van der Waals surface area contributed by atoms with Crippen LogP contribution in [0.2, 0.25) is 0 Å². The van der Waals surface area contributed by atoms with Gasteiger partial charge in [-0.05, 0) is 38.3 Å². The number of ether oxygens (including phenoxy) is 3. The fourth-order valence-electron chi connectivity index (χ4n) is 3.15. The SMILES string of the molecule is COc1cc(-c2nnc(S[C@H](C)C(=O)N3CCCCC3)o2)cc(OC)c1OC. The highest BCUT2D eigenvalue weighted by atomic mass is 32.2. The topological polar surface area (TPSA) is 86.9 Å². The van der Waals surface area contributed by atoms with Crippen molar-refractivity contribution in [2.24, 2.45) is 0 Å². The van der Waals surface area contributed by atoms with Crippen molar-refractivity contribution in [1.29, 1.82) is 0 Å². The Morgan fingerprint density at radius 3 is 2.29 bits per heavy atom. The van der Waals surface area contributed by atoms with Gasteiger partial charge in [-0.25, -0.2) is 0 Å². The summed E-state index contributed by atoms with van der Waals surface area (Å²) in [4.78, 5) is 14.5. The van der Waals surface area contributed by atoms with Crippen molar-refractivity contribution in [2.75, 3.05) is 34.4 Å². The number of thioether (sulfide) groups is 1. The summed E-state index contributed by atoms with van der Waals surface area (Å²) in [5.41, 5.74) is 0.642. The molecular weight excluding hydrogens is 382 g/mol. The number of aromatic nitrogens is 2. The minimum Gasteiger partial charge on any atom is -0.493 e. The van der Waals surface area contributed by atoms with Gasteiger partial charge >= 0.3 is 0 Å². The molecule has 28 heavy (non-hydrogen) atoms. The standard InChI is InChI=1S/C19H25N3O5S/c1-12(18(23)22-8-6-5-7-9-22)28-19-21-20-17(27-19)13-10-14(24-2)16(26-4)15(11-13)25-3/h10-12H,5-9H2,1-4H3/t12-/m1/s1. The third-order valence-electron chi connectivity index (χ3n) is 4.61. The van der Waals surface area contributed by atoms with Crippen molar-refractivity contribution in [3.63, 3.8) is 0 Å². The zero-order valence-electron chi connectivity index (χ0n) is 16.6. The molecule has 1 saturated heterocycles. The lowest BCUT2D eigenvalue weighted by Crippen LogP contribution is -2.40. The third-order valence-corrected chi connectivity index (χ3v) is 5.53. The number of hydrogen-bond donors (Lipinski definition) is 0. The van der Waals surface area contributed by atoms with Crippen LogP contribution >= 0.6 is 11.8 Å². The van der Waals surface area contributed by atoms with Gasteiger partial charge in [0.1, 0.15) is 0 Å². The van der Waals surface area contributed by atoms with Crippen LogP contribution < -0.4 is 14.2 Å². The van der Waals surface area contributed by atoms with E-state index in [1.165, 1.54) is 18.2 Å². The summed E-state index contributed by atoms with van der Waals surface area (Å²) < 4.78 is 21.8. The van der Waals surface area contributed by atoms with E-state index in [9.17, 15) is 4.79 Å². The quantitative estimate of drug-likeness (QED) is 0.647. The molecule has 0 N–H and O–H groups in total. The molecule has 1 amide bonds. The maximum Gasteiger partial charge on any atom is 0.277 e. The van der Waals surface area contributed by atoms with Crippen LogP contribution in [0.15, 0.2) is 21.8 Å². The van der Waals surface area contributed by atoms with E-state index < -0.39 is 0 Å². The molecular formula is C19H25N3O5S. The van der Waals surface area contributed by atoms with Crippen LogP contribution in [0.3, 0.4) is 0 Å². The average Bonchev–Trinajstić information content (AvgIpc) is 3.21. The Morgan fingerprint density at radius 1 is 1.07 bits per heavy atom. The number of amides is 1. The lowest BCUT2D eigenvalue weighted by Gasteiger charge is -2.28. The monoisotopic (exact) mass is 407 g/mol. The summed E-state index contributed by atoms with van der Waals surface area (Å²) >= 11 is 1.27. The molecule has 0 saturated carbocycles. The summed E-state index contributed by atoms with van der Waals surface area (Å²) in [5.74, 6) is 1.91. The van der Waals surface area contributed by atoms with Crippen molar-refractivity contribution in [2.45, 2.75) is 36.7 Å². The van der Waals surface area contributed by atoms with E-state index in [1.807, 2.05) is 11.8 Å². The van der Waals surface area contributed by atoms with E-state index in [0.29, 0.717) is 33.9 Å². The van der Waals surface area contributed by atoms with Crippen molar-refractivity contribution >= 4 is 17.7 Å². The second-order valence-corrected chi connectivity index (χ2v) is 7.73. The molecule has 152 valence electrons. The van der Waals surface area contributed by atoms with Crippen LogP contribution in [0.1, 0.15) is 26.2 Å². The average molecular weight is 407 g/mol. The highest BCUT2D eigenvalue weighted by Crippen LogP contribution is 2.41. The number of benzene rings is 1. The maximum absolute atomic E-state index is 12.6. The maximum atomic E-state index is 12.6. The summed E-state index contributed by atoms with van der Waals surface area (Å²) in [7, 11) is 4.64. The van der Waals surface area contributed by atoms with Gasteiger partial charge in [0.05, 0.1) is 26.6 Å². The van der Waals surface area contributed by atoms with Gasteiger partial charge in [-0.1, -0.05) is 11.8 Å². The molecule has 2 aromatic rings. The van der Waals surface area contributed by atoms with Crippen molar-refractivity contribution in [1.82, 2.24) is 15.1 Å². The first-order chi connectivity index (χ1) is 13.6. The van der Waals surface area contributed by atoms with Crippen LogP contribution in [0.5, 0.6) is 17.2 Å². The van der Waals surface area contributed by atoms with Gasteiger partial charge in [-0.15, -0.1) is 10.2 Å².